The standard InChI is InChI=1S/C13H13BrO2/c1-2-11(15)13-7-6-12(16-13)9-4-3-5-10(14)8-9/h3-8,11,15H,2H2,1H3. The van der Waals surface area contributed by atoms with Gasteiger partial charge in [0.2, 0.25) is 0 Å². The molecule has 0 aliphatic carbocycles. The molecule has 0 saturated carbocycles. The Morgan fingerprint density at radius 3 is 2.81 bits per heavy atom. The van der Waals surface area contributed by atoms with Gasteiger partial charge in [-0.1, -0.05) is 35.0 Å². The Morgan fingerprint density at radius 2 is 2.12 bits per heavy atom. The van der Waals surface area contributed by atoms with Crippen LogP contribution in [0.1, 0.15) is 25.2 Å². The van der Waals surface area contributed by atoms with E-state index in [0.29, 0.717) is 12.2 Å². The molecule has 2 nitrogen and oxygen atoms in total. The van der Waals surface area contributed by atoms with E-state index in [1.165, 1.54) is 0 Å². The molecule has 1 aromatic carbocycles. The molecule has 0 fully saturated rings. The van der Waals surface area contributed by atoms with Crippen molar-refractivity contribution in [3.05, 3.63) is 46.6 Å². The summed E-state index contributed by atoms with van der Waals surface area (Å²) in [6.45, 7) is 1.92. The Labute approximate surface area is 103 Å². The van der Waals surface area contributed by atoms with Gasteiger partial charge in [-0.3, -0.25) is 0 Å². The minimum Gasteiger partial charge on any atom is -0.458 e. The second-order valence-corrected chi connectivity index (χ2v) is 4.55. The predicted molar refractivity (Wildman–Crippen MR) is 67.1 cm³/mol. The zero-order chi connectivity index (χ0) is 11.5. The van der Waals surface area contributed by atoms with Crippen molar-refractivity contribution in [1.82, 2.24) is 0 Å². The lowest BCUT2D eigenvalue weighted by atomic mass is 10.2. The van der Waals surface area contributed by atoms with Crippen LogP contribution >= 0.6 is 15.9 Å². The molecule has 1 N–H and O–H groups in total. The third kappa shape index (κ3) is 2.36. The number of hydrogen-bond donors (Lipinski definition) is 1. The molecule has 2 rings (SSSR count). The molecule has 0 saturated heterocycles. The van der Waals surface area contributed by atoms with Crippen LogP contribution in [0.25, 0.3) is 11.3 Å². The zero-order valence-corrected chi connectivity index (χ0v) is 10.6. The second-order valence-electron chi connectivity index (χ2n) is 3.64. The molecule has 1 aromatic heterocycles. The smallest absolute Gasteiger partial charge is 0.134 e. The maximum atomic E-state index is 9.64. The Hall–Kier alpha value is -1.06. The monoisotopic (exact) mass is 280 g/mol. The molecule has 1 heterocycles. The van der Waals surface area contributed by atoms with Crippen molar-refractivity contribution in [3.8, 4) is 11.3 Å². The summed E-state index contributed by atoms with van der Waals surface area (Å²) in [6, 6.07) is 11.6. The highest BCUT2D eigenvalue weighted by Gasteiger charge is 2.11. The topological polar surface area (TPSA) is 33.4 Å². The van der Waals surface area contributed by atoms with Crippen LogP contribution in [-0.4, -0.2) is 5.11 Å². The number of aliphatic hydroxyl groups excluding tert-OH is 1. The Morgan fingerprint density at radius 1 is 1.31 bits per heavy atom. The largest absolute Gasteiger partial charge is 0.458 e. The van der Waals surface area contributed by atoms with Crippen LogP contribution in [0.5, 0.6) is 0 Å². The molecule has 1 atom stereocenters. The number of benzene rings is 1. The average Bonchev–Trinajstić information content (AvgIpc) is 2.77. The summed E-state index contributed by atoms with van der Waals surface area (Å²) in [5.74, 6) is 1.40. The van der Waals surface area contributed by atoms with Crippen LogP contribution in [0.3, 0.4) is 0 Å². The van der Waals surface area contributed by atoms with Crippen molar-refractivity contribution in [1.29, 1.82) is 0 Å². The highest BCUT2D eigenvalue weighted by molar-refractivity contribution is 9.10. The Kier molecular flexibility index (Phi) is 3.46. The van der Waals surface area contributed by atoms with Gasteiger partial charge in [-0.15, -0.1) is 0 Å². The van der Waals surface area contributed by atoms with Crippen molar-refractivity contribution in [2.45, 2.75) is 19.4 Å². The molecular formula is C13H13BrO2. The molecule has 3 heteroatoms. The van der Waals surface area contributed by atoms with Crippen LogP contribution in [0.15, 0.2) is 45.3 Å². The van der Waals surface area contributed by atoms with E-state index in [2.05, 4.69) is 15.9 Å². The normalized spacial score (nSPS) is 12.7. The first-order chi connectivity index (χ1) is 7.70. The van der Waals surface area contributed by atoms with E-state index in [0.717, 1.165) is 15.8 Å². The van der Waals surface area contributed by atoms with E-state index < -0.39 is 6.10 Å². The fourth-order valence-corrected chi connectivity index (χ4v) is 1.93. The molecule has 0 aliphatic heterocycles. The molecule has 0 bridgehead atoms. The van der Waals surface area contributed by atoms with Gasteiger partial charge in [0.05, 0.1) is 0 Å². The van der Waals surface area contributed by atoms with Crippen molar-refractivity contribution in [3.63, 3.8) is 0 Å². The van der Waals surface area contributed by atoms with Gasteiger partial charge in [-0.05, 0) is 30.7 Å². The van der Waals surface area contributed by atoms with Crippen molar-refractivity contribution >= 4 is 15.9 Å². The van der Waals surface area contributed by atoms with E-state index in [1.807, 2.05) is 43.3 Å². The molecule has 0 amide bonds. The number of furan rings is 1. The van der Waals surface area contributed by atoms with Gasteiger partial charge < -0.3 is 9.52 Å². The van der Waals surface area contributed by atoms with Crippen molar-refractivity contribution in [2.24, 2.45) is 0 Å². The minimum atomic E-state index is -0.513. The van der Waals surface area contributed by atoms with Crippen molar-refractivity contribution in [2.75, 3.05) is 0 Å². The first-order valence-corrected chi connectivity index (χ1v) is 6.03. The highest BCUT2D eigenvalue weighted by atomic mass is 79.9. The fourth-order valence-electron chi connectivity index (χ4n) is 1.53. The van der Waals surface area contributed by atoms with Gasteiger partial charge in [-0.25, -0.2) is 0 Å². The SMILES string of the molecule is CCC(O)c1ccc(-c2cccc(Br)c2)o1. The molecule has 0 aliphatic rings. The lowest BCUT2D eigenvalue weighted by Crippen LogP contribution is -1.91. The third-order valence-electron chi connectivity index (χ3n) is 2.45. The summed E-state index contributed by atoms with van der Waals surface area (Å²) in [4.78, 5) is 0. The summed E-state index contributed by atoms with van der Waals surface area (Å²) >= 11 is 3.42. The number of hydrogen-bond acceptors (Lipinski definition) is 2. The second kappa shape index (κ2) is 4.85. The van der Waals surface area contributed by atoms with Gasteiger partial charge >= 0.3 is 0 Å². The number of rotatable bonds is 3. The minimum absolute atomic E-state index is 0.513. The molecule has 16 heavy (non-hydrogen) atoms. The lowest BCUT2D eigenvalue weighted by molar-refractivity contribution is 0.147. The molecular weight excluding hydrogens is 268 g/mol. The first kappa shape index (κ1) is 11.4. The molecule has 84 valence electrons. The third-order valence-corrected chi connectivity index (χ3v) is 2.94. The molecule has 2 aromatic rings. The first-order valence-electron chi connectivity index (χ1n) is 5.24. The van der Waals surface area contributed by atoms with E-state index in [9.17, 15) is 5.11 Å². The average molecular weight is 281 g/mol. The maximum Gasteiger partial charge on any atom is 0.134 e. The quantitative estimate of drug-likeness (QED) is 0.916. The van der Waals surface area contributed by atoms with Crippen LogP contribution in [0.2, 0.25) is 0 Å². The summed E-state index contributed by atoms with van der Waals surface area (Å²) in [6.07, 6.45) is 0.145. The van der Waals surface area contributed by atoms with Crippen LogP contribution in [0, 0.1) is 0 Å². The number of aliphatic hydroxyl groups is 1. The lowest BCUT2D eigenvalue weighted by Gasteiger charge is -2.03. The maximum absolute atomic E-state index is 9.64. The van der Waals surface area contributed by atoms with E-state index in [1.54, 1.807) is 0 Å². The van der Waals surface area contributed by atoms with Gasteiger partial charge in [0.1, 0.15) is 17.6 Å². The highest BCUT2D eigenvalue weighted by Crippen LogP contribution is 2.28. The molecule has 1 unspecified atom stereocenters. The van der Waals surface area contributed by atoms with Crippen LogP contribution in [-0.2, 0) is 0 Å². The van der Waals surface area contributed by atoms with Crippen LogP contribution < -0.4 is 0 Å². The van der Waals surface area contributed by atoms with Gasteiger partial charge in [0.15, 0.2) is 0 Å². The summed E-state index contributed by atoms with van der Waals surface area (Å²) in [5, 5.41) is 9.64. The number of halogens is 1. The summed E-state index contributed by atoms with van der Waals surface area (Å²) in [7, 11) is 0. The summed E-state index contributed by atoms with van der Waals surface area (Å²) in [5.41, 5.74) is 1.00. The predicted octanol–water partition coefficient (Wildman–Crippen LogP) is 4.15. The Balaban J connectivity index is 2.31. The summed E-state index contributed by atoms with van der Waals surface area (Å²) < 4.78 is 6.62. The van der Waals surface area contributed by atoms with Gasteiger partial charge in [0.25, 0.3) is 0 Å². The van der Waals surface area contributed by atoms with E-state index in [4.69, 9.17) is 4.42 Å². The molecule has 0 spiro atoms. The van der Waals surface area contributed by atoms with E-state index in [-0.39, 0.29) is 0 Å². The fraction of sp³-hybridized carbons (Fsp3) is 0.231. The zero-order valence-electron chi connectivity index (χ0n) is 8.98. The van der Waals surface area contributed by atoms with Gasteiger partial charge in [-0.2, -0.15) is 0 Å². The Bertz CT molecular complexity index is 476. The molecule has 0 radical (unpaired) electrons. The van der Waals surface area contributed by atoms with Crippen molar-refractivity contribution < 1.29 is 9.52 Å². The van der Waals surface area contributed by atoms with E-state index >= 15 is 0 Å². The van der Waals surface area contributed by atoms with Gasteiger partial charge in [0, 0.05) is 10.0 Å². The van der Waals surface area contributed by atoms with Crippen LogP contribution in [0.4, 0.5) is 0 Å².